The molecule has 0 amide bonds. The molecule has 0 aromatic heterocycles. The zero-order valence-corrected chi connectivity index (χ0v) is 20.1. The van der Waals surface area contributed by atoms with Crippen molar-refractivity contribution in [3.05, 3.63) is 34.9 Å². The van der Waals surface area contributed by atoms with Crippen LogP contribution in [0.1, 0.15) is 76.8 Å². The monoisotopic (exact) mass is 462 g/mol. The van der Waals surface area contributed by atoms with Crippen molar-refractivity contribution in [3.63, 3.8) is 0 Å². The molecular weight excluding hydrogens is 424 g/mol. The molecule has 1 aliphatic carbocycles. The Morgan fingerprint density at radius 1 is 1.24 bits per heavy atom. The highest BCUT2D eigenvalue weighted by molar-refractivity contribution is 5.78. The Labute approximate surface area is 196 Å². The summed E-state index contributed by atoms with van der Waals surface area (Å²) in [5, 5.41) is 38.8. The van der Waals surface area contributed by atoms with E-state index < -0.39 is 30.9 Å². The number of ether oxygens (including phenoxy) is 2. The third kappa shape index (κ3) is 5.60. The van der Waals surface area contributed by atoms with E-state index in [1.165, 1.54) is 5.57 Å². The van der Waals surface area contributed by atoms with E-state index in [1.807, 2.05) is 12.1 Å². The summed E-state index contributed by atoms with van der Waals surface area (Å²) in [5.41, 5.74) is 2.63. The average Bonchev–Trinajstić information content (AvgIpc) is 2.76. The lowest BCUT2D eigenvalue weighted by molar-refractivity contribution is -0.156. The molecule has 1 unspecified atom stereocenters. The number of rotatable bonds is 9. The van der Waals surface area contributed by atoms with Gasteiger partial charge < -0.3 is 29.9 Å². The Kier molecular flexibility index (Phi) is 8.22. The van der Waals surface area contributed by atoms with Gasteiger partial charge in [-0.2, -0.15) is 0 Å². The molecule has 0 spiro atoms. The summed E-state index contributed by atoms with van der Waals surface area (Å²) in [6, 6.07) is 3.85. The van der Waals surface area contributed by atoms with Crippen molar-refractivity contribution in [2.24, 2.45) is 5.92 Å². The molecule has 7 nitrogen and oxygen atoms in total. The molecule has 7 heteroatoms. The minimum Gasteiger partial charge on any atom is -0.487 e. The highest BCUT2D eigenvalue weighted by atomic mass is 16.6. The molecule has 1 aromatic carbocycles. The van der Waals surface area contributed by atoms with Crippen molar-refractivity contribution in [2.45, 2.75) is 96.1 Å². The van der Waals surface area contributed by atoms with Crippen LogP contribution in [0.15, 0.2) is 23.8 Å². The Morgan fingerprint density at radius 2 is 1.97 bits per heavy atom. The number of allylic oxidation sites excluding steroid dienone is 2. The summed E-state index contributed by atoms with van der Waals surface area (Å²) < 4.78 is 12.1. The van der Waals surface area contributed by atoms with E-state index in [9.17, 15) is 20.1 Å². The fraction of sp³-hybridized carbons (Fsp3) is 0.654. The second-order valence-electron chi connectivity index (χ2n) is 9.96. The molecule has 2 aliphatic rings. The van der Waals surface area contributed by atoms with E-state index in [0.29, 0.717) is 11.5 Å². The van der Waals surface area contributed by atoms with E-state index in [1.54, 1.807) is 0 Å². The molecule has 0 radical (unpaired) electrons. The zero-order chi connectivity index (χ0) is 24.3. The molecular formula is C26H38O7. The van der Waals surface area contributed by atoms with Gasteiger partial charge in [-0.05, 0) is 64.2 Å². The van der Waals surface area contributed by atoms with Crippen LogP contribution in [-0.4, -0.2) is 56.9 Å². The van der Waals surface area contributed by atoms with Crippen LogP contribution in [0.4, 0.5) is 0 Å². The highest BCUT2D eigenvalue weighted by Gasteiger charge is 2.46. The predicted octanol–water partition coefficient (Wildman–Crippen LogP) is 3.01. The SMILES string of the molecule is CCCCCc1cc(OC(=O)[C@H](O)[C@H](O)[C@H](O)CO)c2c(c1)OC(C)(C)C1CCC(C)=C[C@@H]21. The summed E-state index contributed by atoms with van der Waals surface area (Å²) in [7, 11) is 0. The van der Waals surface area contributed by atoms with Crippen LogP contribution in [0.2, 0.25) is 0 Å². The third-order valence-electron chi connectivity index (χ3n) is 6.94. The van der Waals surface area contributed by atoms with Crippen molar-refractivity contribution >= 4 is 5.97 Å². The lowest BCUT2D eigenvalue weighted by atomic mass is 9.68. The molecule has 3 rings (SSSR count). The van der Waals surface area contributed by atoms with E-state index in [0.717, 1.165) is 49.7 Å². The maximum atomic E-state index is 12.7. The average molecular weight is 463 g/mol. The van der Waals surface area contributed by atoms with Crippen LogP contribution in [0.25, 0.3) is 0 Å². The van der Waals surface area contributed by atoms with Gasteiger partial charge in [0.15, 0.2) is 6.10 Å². The minimum atomic E-state index is -1.99. The number of aliphatic hydroxyl groups excluding tert-OH is 4. The third-order valence-corrected chi connectivity index (χ3v) is 6.94. The lowest BCUT2D eigenvalue weighted by Gasteiger charge is -2.46. The van der Waals surface area contributed by atoms with Crippen molar-refractivity contribution in [1.29, 1.82) is 0 Å². The van der Waals surface area contributed by atoms with Crippen LogP contribution in [0, 0.1) is 5.92 Å². The molecule has 4 N–H and O–H groups in total. The summed E-state index contributed by atoms with van der Waals surface area (Å²) in [6.45, 7) is 7.63. The molecule has 1 aromatic rings. The second-order valence-corrected chi connectivity index (χ2v) is 9.96. The van der Waals surface area contributed by atoms with Gasteiger partial charge in [-0.15, -0.1) is 0 Å². The van der Waals surface area contributed by atoms with Crippen molar-refractivity contribution in [2.75, 3.05) is 6.61 Å². The Balaban J connectivity index is 2.02. The van der Waals surface area contributed by atoms with Gasteiger partial charge in [-0.25, -0.2) is 4.79 Å². The van der Waals surface area contributed by atoms with E-state index in [4.69, 9.17) is 14.6 Å². The number of fused-ring (bicyclic) bond motifs is 3. The number of hydrogen-bond donors (Lipinski definition) is 4. The van der Waals surface area contributed by atoms with Crippen LogP contribution in [0.3, 0.4) is 0 Å². The molecule has 33 heavy (non-hydrogen) atoms. The first-order chi connectivity index (χ1) is 15.6. The van der Waals surface area contributed by atoms with Crippen LogP contribution in [-0.2, 0) is 11.2 Å². The number of aryl methyl sites for hydroxylation is 1. The molecule has 5 atom stereocenters. The molecule has 1 heterocycles. The quantitative estimate of drug-likeness (QED) is 0.193. The van der Waals surface area contributed by atoms with Gasteiger partial charge in [0.25, 0.3) is 0 Å². The first kappa shape index (κ1) is 25.7. The summed E-state index contributed by atoms with van der Waals surface area (Å²) in [5.74, 6) is 0.0966. The number of carbonyl (C=O) groups is 1. The van der Waals surface area contributed by atoms with Crippen molar-refractivity contribution in [1.82, 2.24) is 0 Å². The fourth-order valence-corrected chi connectivity index (χ4v) is 5.00. The first-order valence-corrected chi connectivity index (χ1v) is 12.0. The summed E-state index contributed by atoms with van der Waals surface area (Å²) in [6.07, 6.45) is 2.60. The maximum absolute atomic E-state index is 12.7. The molecule has 0 saturated carbocycles. The van der Waals surface area contributed by atoms with Gasteiger partial charge in [-0.3, -0.25) is 0 Å². The number of esters is 1. The van der Waals surface area contributed by atoms with E-state index in [-0.39, 0.29) is 17.4 Å². The number of benzene rings is 1. The van der Waals surface area contributed by atoms with E-state index >= 15 is 0 Å². The number of aliphatic hydroxyl groups is 4. The van der Waals surface area contributed by atoms with Gasteiger partial charge in [-0.1, -0.05) is 31.4 Å². The molecule has 0 bridgehead atoms. The van der Waals surface area contributed by atoms with Gasteiger partial charge in [0, 0.05) is 17.4 Å². The van der Waals surface area contributed by atoms with Crippen LogP contribution >= 0.6 is 0 Å². The van der Waals surface area contributed by atoms with Crippen molar-refractivity contribution in [3.8, 4) is 11.5 Å². The van der Waals surface area contributed by atoms with Gasteiger partial charge in [0.1, 0.15) is 29.3 Å². The predicted molar refractivity (Wildman–Crippen MR) is 124 cm³/mol. The first-order valence-electron chi connectivity index (χ1n) is 12.0. The largest absolute Gasteiger partial charge is 0.487 e. The summed E-state index contributed by atoms with van der Waals surface area (Å²) in [4.78, 5) is 12.7. The lowest BCUT2D eigenvalue weighted by Crippen LogP contribution is -2.46. The second kappa shape index (κ2) is 10.6. The number of hydrogen-bond acceptors (Lipinski definition) is 7. The maximum Gasteiger partial charge on any atom is 0.343 e. The number of carbonyl (C=O) groups excluding carboxylic acids is 1. The Bertz CT molecular complexity index is 876. The van der Waals surface area contributed by atoms with Crippen molar-refractivity contribution < 1.29 is 34.7 Å². The molecule has 184 valence electrons. The smallest absolute Gasteiger partial charge is 0.343 e. The normalized spacial score (nSPS) is 23.9. The standard InChI is InChI=1S/C26H38O7/c1-5-6-7-8-16-12-20(32-25(31)24(30)23(29)19(28)14-27)22-17-11-15(2)9-10-18(17)26(3,4)33-21(22)13-16/h11-13,17-19,23-24,27-30H,5-10,14H2,1-4H3/t17-,18?,19-,23-,24-/m1/s1. The topological polar surface area (TPSA) is 116 Å². The fourth-order valence-electron chi connectivity index (χ4n) is 5.00. The van der Waals surface area contributed by atoms with Gasteiger partial charge in [0.2, 0.25) is 0 Å². The summed E-state index contributed by atoms with van der Waals surface area (Å²) >= 11 is 0. The van der Waals surface area contributed by atoms with Gasteiger partial charge >= 0.3 is 5.97 Å². The van der Waals surface area contributed by atoms with E-state index in [2.05, 4.69) is 33.8 Å². The highest BCUT2D eigenvalue weighted by Crippen LogP contribution is 2.53. The Hall–Kier alpha value is -1.93. The molecule has 1 aliphatic heterocycles. The Morgan fingerprint density at radius 3 is 2.64 bits per heavy atom. The zero-order valence-electron chi connectivity index (χ0n) is 20.1. The minimum absolute atomic E-state index is 0.00455. The number of unbranched alkanes of at least 4 members (excludes halogenated alkanes) is 2. The molecule has 0 saturated heterocycles. The van der Waals surface area contributed by atoms with Gasteiger partial charge in [0.05, 0.1) is 6.61 Å². The van der Waals surface area contributed by atoms with Crippen LogP contribution < -0.4 is 9.47 Å². The molecule has 0 fully saturated rings. The van der Waals surface area contributed by atoms with Crippen LogP contribution in [0.5, 0.6) is 11.5 Å².